The second-order valence-electron chi connectivity index (χ2n) is 6.78. The molecule has 1 aliphatic heterocycles. The van der Waals surface area contributed by atoms with Crippen LogP contribution in [0.2, 0.25) is 0 Å². The van der Waals surface area contributed by atoms with E-state index in [-0.39, 0.29) is 5.41 Å². The van der Waals surface area contributed by atoms with Gasteiger partial charge in [0.1, 0.15) is 0 Å². The Hall–Kier alpha value is -0.570. The lowest BCUT2D eigenvalue weighted by atomic mass is 9.66. The van der Waals surface area contributed by atoms with E-state index in [1.165, 1.54) is 6.42 Å². The molecule has 98 valence electrons. The molecule has 1 heterocycles. The first-order valence-corrected chi connectivity index (χ1v) is 6.94. The summed E-state index contributed by atoms with van der Waals surface area (Å²) in [4.78, 5) is 14.3. The molecular formula is C14H26N2O. The molecule has 2 aliphatic rings. The molecule has 1 aliphatic carbocycles. The number of hydrogen-bond acceptors (Lipinski definition) is 2. The largest absolute Gasteiger partial charge is 0.343 e. The van der Waals surface area contributed by atoms with E-state index in [4.69, 9.17) is 5.73 Å². The van der Waals surface area contributed by atoms with Gasteiger partial charge in [-0.1, -0.05) is 20.3 Å². The van der Waals surface area contributed by atoms with E-state index in [0.29, 0.717) is 24.3 Å². The number of likely N-dealkylation sites (tertiary alicyclic amines) is 1. The third kappa shape index (κ3) is 2.82. The number of rotatable bonds is 3. The van der Waals surface area contributed by atoms with E-state index >= 15 is 0 Å². The molecule has 0 aromatic carbocycles. The summed E-state index contributed by atoms with van der Waals surface area (Å²) in [6.45, 7) is 7.14. The zero-order valence-electron chi connectivity index (χ0n) is 11.3. The standard InChI is InChI=1S/C14H26N2O/c1-13(2)6-8-16(9-7-13)12(17)10-14(11-15)4-3-5-14/h3-11,15H2,1-2H3. The molecule has 0 aromatic rings. The van der Waals surface area contributed by atoms with Crippen LogP contribution in [-0.2, 0) is 4.79 Å². The molecule has 0 unspecified atom stereocenters. The molecule has 0 aromatic heterocycles. The van der Waals surface area contributed by atoms with E-state index in [2.05, 4.69) is 18.7 Å². The molecule has 0 spiro atoms. The molecule has 0 radical (unpaired) electrons. The maximum absolute atomic E-state index is 12.2. The van der Waals surface area contributed by atoms with Gasteiger partial charge in [-0.2, -0.15) is 0 Å². The van der Waals surface area contributed by atoms with Gasteiger partial charge in [0.05, 0.1) is 0 Å². The van der Waals surface area contributed by atoms with Gasteiger partial charge in [0.15, 0.2) is 0 Å². The molecule has 3 heteroatoms. The summed E-state index contributed by atoms with van der Waals surface area (Å²) >= 11 is 0. The van der Waals surface area contributed by atoms with Gasteiger partial charge in [-0.15, -0.1) is 0 Å². The van der Waals surface area contributed by atoms with Crippen LogP contribution in [-0.4, -0.2) is 30.4 Å². The lowest BCUT2D eigenvalue weighted by Gasteiger charge is -2.43. The number of amides is 1. The van der Waals surface area contributed by atoms with Crippen LogP contribution in [0.4, 0.5) is 0 Å². The van der Waals surface area contributed by atoms with E-state index in [1.54, 1.807) is 0 Å². The van der Waals surface area contributed by atoms with Crippen molar-refractivity contribution in [3.8, 4) is 0 Å². The number of nitrogens with zero attached hydrogens (tertiary/aromatic N) is 1. The van der Waals surface area contributed by atoms with Crippen molar-refractivity contribution >= 4 is 5.91 Å². The van der Waals surface area contributed by atoms with Crippen molar-refractivity contribution in [1.29, 1.82) is 0 Å². The number of piperidine rings is 1. The van der Waals surface area contributed by atoms with Gasteiger partial charge < -0.3 is 10.6 Å². The first-order valence-electron chi connectivity index (χ1n) is 6.94. The molecule has 0 atom stereocenters. The zero-order chi connectivity index (χ0) is 12.5. The minimum atomic E-state index is 0.157. The molecule has 2 N–H and O–H groups in total. The molecule has 1 saturated heterocycles. The van der Waals surface area contributed by atoms with Crippen molar-refractivity contribution in [2.45, 2.75) is 52.4 Å². The summed E-state index contributed by atoms with van der Waals surface area (Å²) in [5.74, 6) is 0.339. The van der Waals surface area contributed by atoms with Crippen molar-refractivity contribution < 1.29 is 4.79 Å². The summed E-state index contributed by atoms with van der Waals surface area (Å²) < 4.78 is 0. The quantitative estimate of drug-likeness (QED) is 0.819. The van der Waals surface area contributed by atoms with Crippen LogP contribution in [0.1, 0.15) is 52.4 Å². The molecule has 2 fully saturated rings. The fourth-order valence-electron chi connectivity index (χ4n) is 2.92. The fourth-order valence-corrected chi connectivity index (χ4v) is 2.92. The summed E-state index contributed by atoms with van der Waals surface area (Å²) in [5.41, 5.74) is 6.39. The minimum absolute atomic E-state index is 0.157. The van der Waals surface area contributed by atoms with Gasteiger partial charge in [-0.05, 0) is 43.1 Å². The van der Waals surface area contributed by atoms with Crippen molar-refractivity contribution in [2.75, 3.05) is 19.6 Å². The summed E-state index contributed by atoms with van der Waals surface area (Å²) in [7, 11) is 0. The number of carbonyl (C=O) groups excluding carboxylic acids is 1. The lowest BCUT2D eigenvalue weighted by Crippen LogP contribution is -2.46. The van der Waals surface area contributed by atoms with E-state index in [9.17, 15) is 4.79 Å². The van der Waals surface area contributed by atoms with Gasteiger partial charge >= 0.3 is 0 Å². The van der Waals surface area contributed by atoms with E-state index < -0.39 is 0 Å². The first-order chi connectivity index (χ1) is 7.96. The third-order valence-electron chi connectivity index (χ3n) is 4.84. The SMILES string of the molecule is CC1(C)CCN(C(=O)CC2(CN)CCC2)CC1. The lowest BCUT2D eigenvalue weighted by molar-refractivity contribution is -0.137. The second kappa shape index (κ2) is 4.60. The van der Waals surface area contributed by atoms with Crippen LogP contribution < -0.4 is 5.73 Å². The van der Waals surface area contributed by atoms with Gasteiger partial charge in [-0.3, -0.25) is 4.79 Å². The highest BCUT2D eigenvalue weighted by Crippen LogP contribution is 2.43. The number of hydrogen-bond donors (Lipinski definition) is 1. The molecule has 1 amide bonds. The van der Waals surface area contributed by atoms with Crippen molar-refractivity contribution in [3.05, 3.63) is 0 Å². The second-order valence-corrected chi connectivity index (χ2v) is 6.78. The van der Waals surface area contributed by atoms with Crippen molar-refractivity contribution in [3.63, 3.8) is 0 Å². The Balaban J connectivity index is 1.85. The van der Waals surface area contributed by atoms with Gasteiger partial charge in [0.25, 0.3) is 0 Å². The average Bonchev–Trinajstić information content (AvgIpc) is 2.23. The molecule has 3 nitrogen and oxygen atoms in total. The smallest absolute Gasteiger partial charge is 0.223 e. The maximum Gasteiger partial charge on any atom is 0.223 e. The predicted octanol–water partition coefficient (Wildman–Crippen LogP) is 2.15. The molecule has 0 bridgehead atoms. The summed E-state index contributed by atoms with van der Waals surface area (Å²) in [6.07, 6.45) is 6.49. The zero-order valence-corrected chi connectivity index (χ0v) is 11.3. The highest BCUT2D eigenvalue weighted by Gasteiger charge is 2.39. The minimum Gasteiger partial charge on any atom is -0.343 e. The Bertz CT molecular complexity index is 279. The summed E-state index contributed by atoms with van der Waals surface area (Å²) in [5, 5.41) is 0. The Morgan fingerprint density at radius 1 is 1.18 bits per heavy atom. The van der Waals surface area contributed by atoms with E-state index in [0.717, 1.165) is 38.8 Å². The Labute approximate surface area is 105 Å². The van der Waals surface area contributed by atoms with Crippen LogP contribution in [0.5, 0.6) is 0 Å². The van der Waals surface area contributed by atoms with Crippen LogP contribution in [0, 0.1) is 10.8 Å². The number of nitrogens with two attached hydrogens (primary N) is 1. The monoisotopic (exact) mass is 238 g/mol. The highest BCUT2D eigenvalue weighted by atomic mass is 16.2. The highest BCUT2D eigenvalue weighted by molar-refractivity contribution is 5.77. The molecule has 17 heavy (non-hydrogen) atoms. The summed E-state index contributed by atoms with van der Waals surface area (Å²) in [6, 6.07) is 0. The molecule has 1 saturated carbocycles. The van der Waals surface area contributed by atoms with Gasteiger partial charge in [-0.25, -0.2) is 0 Å². The van der Waals surface area contributed by atoms with Gasteiger partial charge in [0.2, 0.25) is 5.91 Å². The topological polar surface area (TPSA) is 46.3 Å². The predicted molar refractivity (Wildman–Crippen MR) is 69.6 cm³/mol. The third-order valence-corrected chi connectivity index (χ3v) is 4.84. The van der Waals surface area contributed by atoms with E-state index in [1.807, 2.05) is 0 Å². The van der Waals surface area contributed by atoms with Crippen LogP contribution in [0.15, 0.2) is 0 Å². The Morgan fingerprint density at radius 2 is 1.76 bits per heavy atom. The van der Waals surface area contributed by atoms with Crippen LogP contribution >= 0.6 is 0 Å². The number of carbonyl (C=O) groups is 1. The first kappa shape index (κ1) is 12.9. The maximum atomic E-state index is 12.2. The fraction of sp³-hybridized carbons (Fsp3) is 0.929. The average molecular weight is 238 g/mol. The van der Waals surface area contributed by atoms with Crippen molar-refractivity contribution in [1.82, 2.24) is 4.90 Å². The molecular weight excluding hydrogens is 212 g/mol. The van der Waals surface area contributed by atoms with Crippen LogP contribution in [0.3, 0.4) is 0 Å². The van der Waals surface area contributed by atoms with Crippen LogP contribution in [0.25, 0.3) is 0 Å². The van der Waals surface area contributed by atoms with Gasteiger partial charge in [0, 0.05) is 19.5 Å². The Kier molecular flexibility index (Phi) is 3.48. The Morgan fingerprint density at radius 3 is 2.18 bits per heavy atom. The van der Waals surface area contributed by atoms with Crippen molar-refractivity contribution in [2.24, 2.45) is 16.6 Å². The normalized spacial score (nSPS) is 26.4. The molecule has 2 rings (SSSR count).